The van der Waals surface area contributed by atoms with E-state index in [0.717, 1.165) is 31.9 Å². The maximum Gasteiger partial charge on any atom is 0.140 e. The number of morpholine rings is 2. The maximum absolute atomic E-state index is 8.72. The van der Waals surface area contributed by atoms with E-state index in [1.54, 1.807) is 12.3 Å². The largest absolute Gasteiger partial charge is 0.369 e. The summed E-state index contributed by atoms with van der Waals surface area (Å²) in [5, 5.41) is 12.1. The molecule has 1 aromatic rings. The molecule has 0 radical (unpaired) electrons. The molecule has 5 heteroatoms. The van der Waals surface area contributed by atoms with Crippen LogP contribution in [0, 0.1) is 11.3 Å². The molecular formula is C12H14N4O. The lowest BCUT2D eigenvalue weighted by molar-refractivity contribution is -0.0484. The minimum atomic E-state index is 0.262. The first-order valence-electron chi connectivity index (χ1n) is 5.82. The van der Waals surface area contributed by atoms with Gasteiger partial charge in [0.2, 0.25) is 0 Å². The van der Waals surface area contributed by atoms with Crippen molar-refractivity contribution in [2.75, 3.05) is 31.1 Å². The van der Waals surface area contributed by atoms with Crippen molar-refractivity contribution >= 4 is 5.69 Å². The monoisotopic (exact) mass is 230 g/mol. The number of anilines is 1. The Morgan fingerprint density at radius 2 is 2.12 bits per heavy atom. The molecule has 0 spiro atoms. The van der Waals surface area contributed by atoms with Crippen LogP contribution in [0.2, 0.25) is 0 Å². The SMILES string of the molecule is N#Cc1ccc(N2CC3CNCC(C2)O3)cn1. The second-order valence-corrected chi connectivity index (χ2v) is 4.46. The number of nitrogens with zero attached hydrogens (tertiary/aromatic N) is 3. The molecule has 2 aliphatic heterocycles. The van der Waals surface area contributed by atoms with Gasteiger partial charge in [0, 0.05) is 26.2 Å². The molecule has 3 rings (SSSR count). The molecular weight excluding hydrogens is 216 g/mol. The van der Waals surface area contributed by atoms with Crippen LogP contribution in [0.5, 0.6) is 0 Å². The van der Waals surface area contributed by atoms with E-state index in [-0.39, 0.29) is 12.2 Å². The molecule has 1 N–H and O–H groups in total. The van der Waals surface area contributed by atoms with E-state index in [4.69, 9.17) is 10.00 Å². The van der Waals surface area contributed by atoms with E-state index in [9.17, 15) is 0 Å². The van der Waals surface area contributed by atoms with Gasteiger partial charge >= 0.3 is 0 Å². The minimum Gasteiger partial charge on any atom is -0.369 e. The van der Waals surface area contributed by atoms with Crippen molar-refractivity contribution in [1.82, 2.24) is 10.3 Å². The van der Waals surface area contributed by atoms with Crippen LogP contribution in [0.3, 0.4) is 0 Å². The summed E-state index contributed by atoms with van der Waals surface area (Å²) in [5.74, 6) is 0. The van der Waals surface area contributed by atoms with Gasteiger partial charge in [-0.2, -0.15) is 5.26 Å². The number of rotatable bonds is 1. The molecule has 2 aliphatic rings. The van der Waals surface area contributed by atoms with Crippen LogP contribution in [-0.4, -0.2) is 43.4 Å². The zero-order valence-corrected chi connectivity index (χ0v) is 9.47. The Labute approximate surface area is 100 Å². The molecule has 2 saturated heterocycles. The molecule has 2 bridgehead atoms. The van der Waals surface area contributed by atoms with Gasteiger partial charge in [-0.1, -0.05) is 0 Å². The summed E-state index contributed by atoms with van der Waals surface area (Å²) in [6, 6.07) is 5.75. The number of aromatic nitrogens is 1. The van der Waals surface area contributed by atoms with Gasteiger partial charge in [0.15, 0.2) is 0 Å². The lowest BCUT2D eigenvalue weighted by Crippen LogP contribution is -2.58. The van der Waals surface area contributed by atoms with Crippen LogP contribution < -0.4 is 10.2 Å². The van der Waals surface area contributed by atoms with Crippen molar-refractivity contribution in [3.05, 3.63) is 24.0 Å². The first-order valence-corrected chi connectivity index (χ1v) is 5.82. The minimum absolute atomic E-state index is 0.262. The first-order chi connectivity index (χ1) is 8.35. The van der Waals surface area contributed by atoms with Crippen LogP contribution in [0.15, 0.2) is 18.3 Å². The summed E-state index contributed by atoms with van der Waals surface area (Å²) < 4.78 is 5.84. The topological polar surface area (TPSA) is 61.2 Å². The Kier molecular flexibility index (Phi) is 2.67. The molecule has 88 valence electrons. The Morgan fingerprint density at radius 3 is 2.71 bits per heavy atom. The molecule has 0 aromatic carbocycles. The average Bonchev–Trinajstić information content (AvgIpc) is 2.38. The highest BCUT2D eigenvalue weighted by atomic mass is 16.5. The molecule has 1 aromatic heterocycles. The molecule has 2 atom stereocenters. The quantitative estimate of drug-likeness (QED) is 0.743. The third-order valence-corrected chi connectivity index (χ3v) is 3.20. The van der Waals surface area contributed by atoms with Gasteiger partial charge in [0.25, 0.3) is 0 Å². The highest BCUT2D eigenvalue weighted by molar-refractivity contribution is 5.46. The number of hydrogen-bond acceptors (Lipinski definition) is 5. The standard InChI is InChI=1S/C12H14N4O/c13-3-9-1-2-10(4-15-9)16-7-11-5-14-6-12(8-16)17-11/h1-2,4,11-12,14H,5-8H2. The Bertz CT molecular complexity index is 427. The molecule has 2 unspecified atom stereocenters. The fourth-order valence-corrected chi connectivity index (χ4v) is 2.41. The highest BCUT2D eigenvalue weighted by Crippen LogP contribution is 2.21. The Balaban J connectivity index is 1.77. The second kappa shape index (κ2) is 4.32. The first kappa shape index (κ1) is 10.5. The predicted molar refractivity (Wildman–Crippen MR) is 62.7 cm³/mol. The zero-order valence-electron chi connectivity index (χ0n) is 9.47. The van der Waals surface area contributed by atoms with E-state index in [1.165, 1.54) is 0 Å². The molecule has 5 nitrogen and oxygen atoms in total. The third kappa shape index (κ3) is 2.09. The second-order valence-electron chi connectivity index (χ2n) is 4.46. The Morgan fingerprint density at radius 1 is 1.35 bits per heavy atom. The van der Waals surface area contributed by atoms with Crippen LogP contribution in [0.4, 0.5) is 5.69 Å². The van der Waals surface area contributed by atoms with Crippen LogP contribution in [0.25, 0.3) is 0 Å². The number of pyridine rings is 1. The van der Waals surface area contributed by atoms with E-state index in [0.29, 0.717) is 5.69 Å². The van der Waals surface area contributed by atoms with Gasteiger partial charge in [0.05, 0.1) is 24.1 Å². The van der Waals surface area contributed by atoms with Crippen molar-refractivity contribution in [2.45, 2.75) is 12.2 Å². The van der Waals surface area contributed by atoms with Crippen LogP contribution in [0.1, 0.15) is 5.69 Å². The molecule has 0 saturated carbocycles. The van der Waals surface area contributed by atoms with Crippen molar-refractivity contribution < 1.29 is 4.74 Å². The lowest BCUT2D eigenvalue weighted by Gasteiger charge is -2.42. The predicted octanol–water partition coefficient (Wildman–Crippen LogP) is 0.130. The lowest BCUT2D eigenvalue weighted by atomic mass is 10.1. The normalized spacial score (nSPS) is 27.6. The summed E-state index contributed by atoms with van der Waals surface area (Å²) in [4.78, 5) is 6.39. The van der Waals surface area contributed by atoms with E-state index in [2.05, 4.69) is 15.2 Å². The highest BCUT2D eigenvalue weighted by Gasteiger charge is 2.31. The van der Waals surface area contributed by atoms with E-state index in [1.807, 2.05) is 12.1 Å². The molecule has 0 aliphatic carbocycles. The summed E-state index contributed by atoms with van der Waals surface area (Å²) in [6.07, 6.45) is 2.30. The molecule has 17 heavy (non-hydrogen) atoms. The number of fused-ring (bicyclic) bond motifs is 2. The third-order valence-electron chi connectivity index (χ3n) is 3.20. The Hall–Kier alpha value is -1.64. The maximum atomic E-state index is 8.72. The van der Waals surface area contributed by atoms with E-state index < -0.39 is 0 Å². The number of nitriles is 1. The number of ether oxygens (including phenoxy) is 1. The summed E-state index contributed by atoms with van der Waals surface area (Å²) in [5.41, 5.74) is 1.54. The van der Waals surface area contributed by atoms with Crippen LogP contribution >= 0.6 is 0 Å². The van der Waals surface area contributed by atoms with Crippen LogP contribution in [-0.2, 0) is 4.74 Å². The number of nitrogens with one attached hydrogen (secondary N) is 1. The van der Waals surface area contributed by atoms with Crippen molar-refractivity contribution in [3.63, 3.8) is 0 Å². The van der Waals surface area contributed by atoms with Gasteiger partial charge in [0.1, 0.15) is 11.8 Å². The summed E-state index contributed by atoms with van der Waals surface area (Å²) in [6.45, 7) is 3.60. The van der Waals surface area contributed by atoms with Crippen molar-refractivity contribution in [3.8, 4) is 6.07 Å². The molecule has 2 fully saturated rings. The molecule has 3 heterocycles. The van der Waals surface area contributed by atoms with Gasteiger partial charge in [-0.05, 0) is 12.1 Å². The fourth-order valence-electron chi connectivity index (χ4n) is 2.41. The molecule has 0 amide bonds. The number of hydrogen-bond donors (Lipinski definition) is 1. The smallest absolute Gasteiger partial charge is 0.140 e. The van der Waals surface area contributed by atoms with Gasteiger partial charge in [-0.25, -0.2) is 4.98 Å². The fraction of sp³-hybridized carbons (Fsp3) is 0.500. The average molecular weight is 230 g/mol. The van der Waals surface area contributed by atoms with Gasteiger partial charge < -0.3 is 15.0 Å². The van der Waals surface area contributed by atoms with Gasteiger partial charge in [-0.3, -0.25) is 0 Å². The summed E-state index contributed by atoms with van der Waals surface area (Å²) in [7, 11) is 0. The summed E-state index contributed by atoms with van der Waals surface area (Å²) >= 11 is 0. The van der Waals surface area contributed by atoms with Crippen molar-refractivity contribution in [2.24, 2.45) is 0 Å². The van der Waals surface area contributed by atoms with Gasteiger partial charge in [-0.15, -0.1) is 0 Å². The zero-order chi connectivity index (χ0) is 11.7. The van der Waals surface area contributed by atoms with E-state index >= 15 is 0 Å². The van der Waals surface area contributed by atoms with Crippen molar-refractivity contribution in [1.29, 1.82) is 5.26 Å².